The second kappa shape index (κ2) is 6.99. The second-order valence-corrected chi connectivity index (χ2v) is 6.55. The SMILES string of the molecule is O=C(C1CCCN(c2cccc(C(F)(F)F)n2)C1)N1CCCCC1. The maximum atomic E-state index is 12.8. The lowest BCUT2D eigenvalue weighted by molar-refractivity contribution is -0.141. The van der Waals surface area contributed by atoms with Crippen LogP contribution in [0.15, 0.2) is 18.2 Å². The van der Waals surface area contributed by atoms with Gasteiger partial charge in [0.1, 0.15) is 11.5 Å². The Morgan fingerprint density at radius 3 is 2.54 bits per heavy atom. The quantitative estimate of drug-likeness (QED) is 0.828. The number of carbonyl (C=O) groups is 1. The van der Waals surface area contributed by atoms with Crippen LogP contribution in [0.1, 0.15) is 37.8 Å². The van der Waals surface area contributed by atoms with Crippen LogP contribution in [0.3, 0.4) is 0 Å². The standard InChI is InChI=1S/C17H22F3N3O/c18-17(19,20)14-7-4-8-15(21-14)23-11-5-6-13(12-23)16(24)22-9-2-1-3-10-22/h4,7-8,13H,1-3,5-6,9-12H2. The van der Waals surface area contributed by atoms with Gasteiger partial charge in [-0.2, -0.15) is 13.2 Å². The molecule has 1 amide bonds. The van der Waals surface area contributed by atoms with Crippen molar-refractivity contribution in [2.24, 2.45) is 5.92 Å². The summed E-state index contributed by atoms with van der Waals surface area (Å²) in [7, 11) is 0. The Balaban J connectivity index is 1.70. The van der Waals surface area contributed by atoms with Crippen molar-refractivity contribution < 1.29 is 18.0 Å². The van der Waals surface area contributed by atoms with Gasteiger partial charge in [-0.05, 0) is 44.2 Å². The molecule has 1 atom stereocenters. The Bertz CT molecular complexity index is 585. The maximum Gasteiger partial charge on any atom is 0.433 e. The van der Waals surface area contributed by atoms with Crippen LogP contribution in [0, 0.1) is 5.92 Å². The first-order valence-electron chi connectivity index (χ1n) is 8.53. The minimum atomic E-state index is -4.45. The van der Waals surface area contributed by atoms with E-state index in [4.69, 9.17) is 0 Å². The molecule has 2 aliphatic heterocycles. The third-order valence-corrected chi connectivity index (χ3v) is 4.79. The molecule has 4 nitrogen and oxygen atoms in total. The van der Waals surface area contributed by atoms with E-state index in [2.05, 4.69) is 4.98 Å². The minimum absolute atomic E-state index is 0.145. The molecule has 7 heteroatoms. The van der Waals surface area contributed by atoms with Gasteiger partial charge < -0.3 is 9.80 Å². The highest BCUT2D eigenvalue weighted by atomic mass is 19.4. The first-order valence-corrected chi connectivity index (χ1v) is 8.53. The lowest BCUT2D eigenvalue weighted by Crippen LogP contribution is -2.46. The zero-order valence-corrected chi connectivity index (χ0v) is 13.6. The van der Waals surface area contributed by atoms with Crippen LogP contribution >= 0.6 is 0 Å². The van der Waals surface area contributed by atoms with Crippen LogP contribution in [0.5, 0.6) is 0 Å². The summed E-state index contributed by atoms with van der Waals surface area (Å²) in [5, 5.41) is 0. The highest BCUT2D eigenvalue weighted by Crippen LogP contribution is 2.30. The lowest BCUT2D eigenvalue weighted by atomic mass is 9.95. The molecular weight excluding hydrogens is 319 g/mol. The molecule has 0 bridgehead atoms. The van der Waals surface area contributed by atoms with Crippen molar-refractivity contribution in [1.29, 1.82) is 0 Å². The van der Waals surface area contributed by atoms with Crippen LogP contribution in [-0.2, 0) is 11.0 Å². The zero-order chi connectivity index (χ0) is 17.2. The highest BCUT2D eigenvalue weighted by Gasteiger charge is 2.34. The first-order chi connectivity index (χ1) is 11.4. The average molecular weight is 341 g/mol. The number of hydrogen-bond acceptors (Lipinski definition) is 3. The lowest BCUT2D eigenvalue weighted by Gasteiger charge is -2.36. The van der Waals surface area contributed by atoms with E-state index in [-0.39, 0.29) is 11.8 Å². The summed E-state index contributed by atoms with van der Waals surface area (Å²) in [5.74, 6) is 0.306. The number of hydrogen-bond donors (Lipinski definition) is 0. The van der Waals surface area contributed by atoms with E-state index in [1.807, 2.05) is 9.80 Å². The van der Waals surface area contributed by atoms with Gasteiger partial charge >= 0.3 is 6.18 Å². The van der Waals surface area contributed by atoms with Crippen molar-refractivity contribution in [3.8, 4) is 0 Å². The summed E-state index contributed by atoms with van der Waals surface area (Å²) in [6, 6.07) is 3.94. The number of pyridine rings is 1. The monoisotopic (exact) mass is 341 g/mol. The molecule has 1 aromatic heterocycles. The van der Waals surface area contributed by atoms with Crippen molar-refractivity contribution in [2.45, 2.75) is 38.3 Å². The Hall–Kier alpha value is -1.79. The minimum Gasteiger partial charge on any atom is -0.356 e. The van der Waals surface area contributed by atoms with E-state index in [1.54, 1.807) is 6.07 Å². The van der Waals surface area contributed by atoms with Gasteiger partial charge in [-0.25, -0.2) is 4.98 Å². The summed E-state index contributed by atoms with van der Waals surface area (Å²) in [4.78, 5) is 20.1. The van der Waals surface area contributed by atoms with Gasteiger partial charge in [0.15, 0.2) is 0 Å². The molecule has 3 rings (SSSR count). The van der Waals surface area contributed by atoms with Crippen molar-refractivity contribution in [1.82, 2.24) is 9.88 Å². The molecule has 0 radical (unpaired) electrons. The van der Waals surface area contributed by atoms with Gasteiger partial charge in [0, 0.05) is 26.2 Å². The predicted molar refractivity (Wildman–Crippen MR) is 84.6 cm³/mol. The molecule has 0 aromatic carbocycles. The van der Waals surface area contributed by atoms with Crippen molar-refractivity contribution in [3.63, 3.8) is 0 Å². The molecule has 1 aromatic rings. The summed E-state index contributed by atoms with van der Waals surface area (Å²) in [5.41, 5.74) is -0.885. The number of anilines is 1. The Kier molecular flexibility index (Phi) is 4.96. The molecule has 132 valence electrons. The molecule has 0 spiro atoms. The molecule has 1 unspecified atom stereocenters. The Labute approximate surface area is 139 Å². The number of aromatic nitrogens is 1. The topological polar surface area (TPSA) is 36.4 Å². The van der Waals surface area contributed by atoms with Gasteiger partial charge in [0.05, 0.1) is 5.92 Å². The second-order valence-electron chi connectivity index (χ2n) is 6.55. The van der Waals surface area contributed by atoms with Gasteiger partial charge in [-0.1, -0.05) is 6.07 Å². The highest BCUT2D eigenvalue weighted by molar-refractivity contribution is 5.79. The van der Waals surface area contributed by atoms with Crippen molar-refractivity contribution >= 4 is 11.7 Å². The number of amides is 1. The zero-order valence-electron chi connectivity index (χ0n) is 13.6. The third kappa shape index (κ3) is 3.82. The number of piperidine rings is 2. The van der Waals surface area contributed by atoms with Gasteiger partial charge in [0.2, 0.25) is 5.91 Å². The molecule has 0 aliphatic carbocycles. The van der Waals surface area contributed by atoms with E-state index in [0.29, 0.717) is 18.9 Å². The number of likely N-dealkylation sites (tertiary alicyclic amines) is 1. The third-order valence-electron chi connectivity index (χ3n) is 4.79. The molecule has 2 aliphatic rings. The van der Waals surface area contributed by atoms with E-state index >= 15 is 0 Å². The fraction of sp³-hybridized carbons (Fsp3) is 0.647. The fourth-order valence-electron chi connectivity index (χ4n) is 3.52. The molecule has 2 fully saturated rings. The van der Waals surface area contributed by atoms with Gasteiger partial charge in [-0.15, -0.1) is 0 Å². The summed E-state index contributed by atoms with van der Waals surface area (Å²) < 4.78 is 38.5. The number of nitrogens with zero attached hydrogens (tertiary/aromatic N) is 3. The number of carbonyl (C=O) groups excluding carboxylic acids is 1. The van der Waals surface area contributed by atoms with Crippen LogP contribution in [0.2, 0.25) is 0 Å². The van der Waals surface area contributed by atoms with E-state index < -0.39 is 11.9 Å². The van der Waals surface area contributed by atoms with Crippen LogP contribution in [-0.4, -0.2) is 42.0 Å². The number of alkyl halides is 3. The molecule has 3 heterocycles. The molecule has 0 N–H and O–H groups in total. The van der Waals surface area contributed by atoms with E-state index in [1.165, 1.54) is 6.07 Å². The largest absolute Gasteiger partial charge is 0.433 e. The van der Waals surface area contributed by atoms with Gasteiger partial charge in [-0.3, -0.25) is 4.79 Å². The molecule has 24 heavy (non-hydrogen) atoms. The van der Waals surface area contributed by atoms with Crippen molar-refractivity contribution in [3.05, 3.63) is 23.9 Å². The first kappa shape index (κ1) is 17.0. The van der Waals surface area contributed by atoms with E-state index in [0.717, 1.165) is 51.3 Å². The fourth-order valence-corrected chi connectivity index (χ4v) is 3.52. The van der Waals surface area contributed by atoms with E-state index in [9.17, 15) is 18.0 Å². The van der Waals surface area contributed by atoms with Gasteiger partial charge in [0.25, 0.3) is 0 Å². The maximum absolute atomic E-state index is 12.8. The summed E-state index contributed by atoms with van der Waals surface area (Å²) in [6.07, 6.45) is 0.380. The van der Waals surface area contributed by atoms with Crippen LogP contribution < -0.4 is 4.90 Å². The Morgan fingerprint density at radius 2 is 1.83 bits per heavy atom. The van der Waals surface area contributed by atoms with Crippen molar-refractivity contribution in [2.75, 3.05) is 31.1 Å². The molecule has 2 saturated heterocycles. The number of rotatable bonds is 2. The molecular formula is C17H22F3N3O. The molecule has 0 saturated carbocycles. The Morgan fingerprint density at radius 1 is 1.08 bits per heavy atom. The van der Waals surface area contributed by atoms with Crippen LogP contribution in [0.4, 0.5) is 19.0 Å². The summed E-state index contributed by atoms with van der Waals surface area (Å²) in [6.45, 7) is 2.69. The number of halogens is 3. The predicted octanol–water partition coefficient (Wildman–Crippen LogP) is 3.33. The normalized spacial score (nSPS) is 22.5. The summed E-state index contributed by atoms with van der Waals surface area (Å²) >= 11 is 0. The average Bonchev–Trinajstić information content (AvgIpc) is 2.61. The smallest absolute Gasteiger partial charge is 0.356 e. The van der Waals surface area contributed by atoms with Crippen LogP contribution in [0.25, 0.3) is 0 Å².